The summed E-state index contributed by atoms with van der Waals surface area (Å²) in [5.41, 5.74) is 0.432. The fourth-order valence-corrected chi connectivity index (χ4v) is 3.10. The fraction of sp³-hybridized carbons (Fsp3) is 0.571. The van der Waals surface area contributed by atoms with E-state index in [4.69, 9.17) is 0 Å². The molecular weight excluding hydrogens is 256 g/mol. The monoisotopic (exact) mass is 274 g/mol. The summed E-state index contributed by atoms with van der Waals surface area (Å²) in [7, 11) is 0. The molecule has 1 N–H and O–H groups in total. The zero-order valence-electron chi connectivity index (χ0n) is 11.3. The van der Waals surface area contributed by atoms with E-state index < -0.39 is 6.04 Å². The molecule has 1 aromatic rings. The van der Waals surface area contributed by atoms with Crippen molar-refractivity contribution in [3.8, 4) is 0 Å². The van der Waals surface area contributed by atoms with Crippen LogP contribution >= 0.6 is 0 Å². The normalized spacial score (nSPS) is 24.0. The van der Waals surface area contributed by atoms with Crippen LogP contribution in [0.25, 0.3) is 0 Å². The van der Waals surface area contributed by atoms with Crippen LogP contribution in [0.5, 0.6) is 0 Å². The number of carbonyl (C=O) groups is 2. The zero-order chi connectivity index (χ0) is 13.9. The number of carbonyl (C=O) groups excluding carboxylic acids is 2. The van der Waals surface area contributed by atoms with E-state index in [1.165, 1.54) is 38.0 Å². The van der Waals surface area contributed by atoms with Crippen molar-refractivity contribution in [3.05, 3.63) is 18.7 Å². The number of rotatable bonds is 3. The quantitative estimate of drug-likeness (QED) is 0.854. The maximum Gasteiger partial charge on any atom is 0.329 e. The molecule has 2 heterocycles. The summed E-state index contributed by atoms with van der Waals surface area (Å²) in [5, 5.41) is 2.78. The predicted molar refractivity (Wildman–Crippen MR) is 73.0 cm³/mol. The van der Waals surface area contributed by atoms with Crippen LogP contribution in [0.3, 0.4) is 0 Å². The van der Waals surface area contributed by atoms with E-state index in [-0.39, 0.29) is 11.9 Å². The van der Waals surface area contributed by atoms with Crippen LogP contribution in [-0.4, -0.2) is 27.9 Å². The molecule has 6 heteroatoms. The van der Waals surface area contributed by atoms with Crippen LogP contribution in [0.1, 0.15) is 38.5 Å². The number of amides is 3. The van der Waals surface area contributed by atoms with Crippen molar-refractivity contribution in [3.63, 3.8) is 0 Å². The minimum atomic E-state index is -0.397. The van der Waals surface area contributed by atoms with E-state index in [0.29, 0.717) is 11.6 Å². The maximum atomic E-state index is 12.4. The molecule has 1 unspecified atom stereocenters. The van der Waals surface area contributed by atoms with Gasteiger partial charge in [0, 0.05) is 0 Å². The van der Waals surface area contributed by atoms with Crippen LogP contribution in [0.15, 0.2) is 18.7 Å². The SMILES string of the molecule is O=C1NC(CC2CCCCC2)C(=O)N1c1cncnc1. The molecule has 1 aliphatic carbocycles. The largest absolute Gasteiger partial charge is 0.329 e. The van der Waals surface area contributed by atoms with Gasteiger partial charge in [-0.05, 0) is 12.3 Å². The molecule has 1 aromatic heterocycles. The second kappa shape index (κ2) is 5.56. The van der Waals surface area contributed by atoms with Gasteiger partial charge in [0.25, 0.3) is 5.91 Å². The molecular formula is C14H18N4O2. The van der Waals surface area contributed by atoms with Crippen molar-refractivity contribution in [2.45, 2.75) is 44.6 Å². The average molecular weight is 274 g/mol. The highest BCUT2D eigenvalue weighted by Crippen LogP contribution is 2.29. The lowest BCUT2D eigenvalue weighted by molar-refractivity contribution is -0.118. The topological polar surface area (TPSA) is 75.2 Å². The minimum absolute atomic E-state index is 0.185. The molecule has 3 rings (SSSR count). The summed E-state index contributed by atoms with van der Waals surface area (Å²) in [5.74, 6) is 0.361. The Hall–Kier alpha value is -1.98. The molecule has 2 aliphatic rings. The van der Waals surface area contributed by atoms with Crippen molar-refractivity contribution in [1.82, 2.24) is 15.3 Å². The van der Waals surface area contributed by atoms with Gasteiger partial charge in [0.15, 0.2) is 0 Å². The molecule has 3 amide bonds. The number of imide groups is 1. The van der Waals surface area contributed by atoms with Crippen molar-refractivity contribution >= 4 is 17.6 Å². The van der Waals surface area contributed by atoms with Crippen molar-refractivity contribution in [2.75, 3.05) is 4.90 Å². The van der Waals surface area contributed by atoms with Crippen molar-refractivity contribution in [2.24, 2.45) is 5.92 Å². The third-order valence-corrected chi connectivity index (χ3v) is 4.12. The Morgan fingerprint density at radius 3 is 2.55 bits per heavy atom. The second-order valence-corrected chi connectivity index (χ2v) is 5.51. The molecule has 1 saturated heterocycles. The predicted octanol–water partition coefficient (Wildman–Crippen LogP) is 1.87. The highest BCUT2D eigenvalue weighted by Gasteiger charge is 2.40. The second-order valence-electron chi connectivity index (χ2n) is 5.51. The van der Waals surface area contributed by atoms with E-state index in [0.717, 1.165) is 24.2 Å². The van der Waals surface area contributed by atoms with Gasteiger partial charge in [-0.1, -0.05) is 32.1 Å². The molecule has 1 atom stereocenters. The number of anilines is 1. The molecule has 0 bridgehead atoms. The van der Waals surface area contributed by atoms with Gasteiger partial charge >= 0.3 is 6.03 Å². The summed E-state index contributed by atoms with van der Waals surface area (Å²) < 4.78 is 0. The molecule has 0 aromatic carbocycles. The highest BCUT2D eigenvalue weighted by atomic mass is 16.2. The van der Waals surface area contributed by atoms with E-state index in [9.17, 15) is 9.59 Å². The summed E-state index contributed by atoms with van der Waals surface area (Å²) in [6.45, 7) is 0. The Balaban J connectivity index is 1.70. The molecule has 1 aliphatic heterocycles. The lowest BCUT2D eigenvalue weighted by atomic mass is 9.85. The Morgan fingerprint density at radius 2 is 1.85 bits per heavy atom. The number of hydrogen-bond donors (Lipinski definition) is 1. The summed E-state index contributed by atoms with van der Waals surface area (Å²) in [6, 6.07) is -0.767. The van der Waals surface area contributed by atoms with Gasteiger partial charge in [-0.15, -0.1) is 0 Å². The molecule has 2 fully saturated rings. The number of aromatic nitrogens is 2. The third kappa shape index (κ3) is 2.50. The van der Waals surface area contributed by atoms with Crippen LogP contribution in [-0.2, 0) is 4.79 Å². The Labute approximate surface area is 117 Å². The van der Waals surface area contributed by atoms with Gasteiger partial charge in [-0.25, -0.2) is 19.7 Å². The molecule has 0 spiro atoms. The van der Waals surface area contributed by atoms with Gasteiger partial charge in [0.05, 0.1) is 18.1 Å². The number of urea groups is 1. The van der Waals surface area contributed by atoms with Crippen molar-refractivity contribution in [1.29, 1.82) is 0 Å². The first kappa shape index (κ1) is 13.0. The Bertz CT molecular complexity index is 499. The minimum Gasteiger partial charge on any atom is -0.325 e. The van der Waals surface area contributed by atoms with Gasteiger partial charge in [-0.3, -0.25) is 4.79 Å². The van der Waals surface area contributed by atoms with Crippen LogP contribution in [0.4, 0.5) is 10.5 Å². The molecule has 0 radical (unpaired) electrons. The van der Waals surface area contributed by atoms with Crippen molar-refractivity contribution < 1.29 is 9.59 Å². The Kier molecular flexibility index (Phi) is 3.62. The number of hydrogen-bond acceptors (Lipinski definition) is 4. The van der Waals surface area contributed by atoms with E-state index in [2.05, 4.69) is 15.3 Å². The first-order valence-corrected chi connectivity index (χ1v) is 7.15. The maximum absolute atomic E-state index is 12.4. The highest BCUT2D eigenvalue weighted by molar-refractivity contribution is 6.21. The molecule has 20 heavy (non-hydrogen) atoms. The fourth-order valence-electron chi connectivity index (χ4n) is 3.10. The zero-order valence-corrected chi connectivity index (χ0v) is 11.3. The lowest BCUT2D eigenvalue weighted by Crippen LogP contribution is -2.33. The van der Waals surface area contributed by atoms with E-state index in [1.54, 1.807) is 0 Å². The van der Waals surface area contributed by atoms with Crippen LogP contribution < -0.4 is 10.2 Å². The Morgan fingerprint density at radius 1 is 1.15 bits per heavy atom. The van der Waals surface area contributed by atoms with Crippen LogP contribution in [0.2, 0.25) is 0 Å². The molecule has 1 saturated carbocycles. The number of nitrogens with one attached hydrogen (secondary N) is 1. The van der Waals surface area contributed by atoms with Crippen LogP contribution in [0, 0.1) is 5.92 Å². The van der Waals surface area contributed by atoms with Gasteiger partial charge in [0.1, 0.15) is 12.4 Å². The van der Waals surface area contributed by atoms with Gasteiger partial charge in [-0.2, -0.15) is 0 Å². The van der Waals surface area contributed by atoms with E-state index in [1.807, 2.05) is 0 Å². The first-order chi connectivity index (χ1) is 9.75. The third-order valence-electron chi connectivity index (χ3n) is 4.12. The molecule has 106 valence electrons. The summed E-state index contributed by atoms with van der Waals surface area (Å²) >= 11 is 0. The lowest BCUT2D eigenvalue weighted by Gasteiger charge is -2.23. The number of nitrogens with zero attached hydrogens (tertiary/aromatic N) is 3. The average Bonchev–Trinajstić information content (AvgIpc) is 2.75. The smallest absolute Gasteiger partial charge is 0.325 e. The van der Waals surface area contributed by atoms with Gasteiger partial charge < -0.3 is 5.32 Å². The first-order valence-electron chi connectivity index (χ1n) is 7.15. The van der Waals surface area contributed by atoms with Gasteiger partial charge in [0.2, 0.25) is 0 Å². The molecule has 6 nitrogen and oxygen atoms in total. The van der Waals surface area contributed by atoms with E-state index >= 15 is 0 Å². The standard InChI is InChI=1S/C14H18N4O2/c19-13-12(6-10-4-2-1-3-5-10)17-14(20)18(13)11-7-15-9-16-8-11/h7-10,12H,1-6H2,(H,17,20). The summed E-state index contributed by atoms with van der Waals surface area (Å²) in [4.78, 5) is 33.2. The summed E-state index contributed by atoms with van der Waals surface area (Å²) in [6.07, 6.45) is 11.2.